The fourth-order valence-corrected chi connectivity index (χ4v) is 5.58. The summed E-state index contributed by atoms with van der Waals surface area (Å²) in [7, 11) is 1.65. The molecule has 0 spiro atoms. The summed E-state index contributed by atoms with van der Waals surface area (Å²) in [6.45, 7) is 5.83. The Morgan fingerprint density at radius 2 is 1.54 bits per heavy atom. The van der Waals surface area contributed by atoms with Gasteiger partial charge in [-0.3, -0.25) is 4.79 Å². The Kier molecular flexibility index (Phi) is 17.4. The molecule has 0 saturated carbocycles. The molecule has 0 aliphatic rings. The molecule has 1 N–H and O–H groups in total. The zero-order valence-electron chi connectivity index (χ0n) is 25.3. The molecule has 0 fully saturated rings. The van der Waals surface area contributed by atoms with Crippen LogP contribution in [0, 0.1) is 6.92 Å². The molecule has 41 heavy (non-hydrogen) atoms. The second-order valence-electron chi connectivity index (χ2n) is 10.8. The Morgan fingerprint density at radius 3 is 2.17 bits per heavy atom. The average molecular weight is 646 g/mol. The number of hydrogen-bond donors (Lipinski definition) is 1. The van der Waals surface area contributed by atoms with Gasteiger partial charge in [0.25, 0.3) is 0 Å². The van der Waals surface area contributed by atoms with E-state index < -0.39 is 0 Å². The number of nitrogens with zero attached hydrogens (tertiary/aromatic N) is 1. The molecule has 0 bridgehead atoms. The van der Waals surface area contributed by atoms with Gasteiger partial charge in [0, 0.05) is 11.3 Å². The van der Waals surface area contributed by atoms with Gasteiger partial charge in [-0.1, -0.05) is 107 Å². The minimum Gasteiger partial charge on any atom is -1.00 e. The first kappa shape index (κ1) is 34.8. The Labute approximate surface area is 262 Å². The van der Waals surface area contributed by atoms with Gasteiger partial charge < -0.3 is 31.8 Å². The molecule has 0 aliphatic heterocycles. The molecule has 0 aliphatic carbocycles. The number of benzene rings is 2. The lowest BCUT2D eigenvalue weighted by molar-refractivity contribution is -0.683. The molecule has 2 aromatic carbocycles. The van der Waals surface area contributed by atoms with E-state index in [0.717, 1.165) is 29.8 Å². The standard InChI is InChI=1S/C34H48N2O3S.BrH/c1-4-5-6-7-8-9-10-11-12-13-14-15-21-39-33-23-29(19-20-32(33)38-3)24-34(37)35-31-18-16-17-30(22-31)26-36-25-28(2)40-27-36;/h16-20,22-23,25,27H,4-15,21,24,26H2,1-3H3;1H. The summed E-state index contributed by atoms with van der Waals surface area (Å²) >= 11 is 1.73. The number of nitrogens with one attached hydrogen (secondary N) is 1. The van der Waals surface area contributed by atoms with Gasteiger partial charge in [0.1, 0.15) is 0 Å². The van der Waals surface area contributed by atoms with Crippen molar-refractivity contribution in [3.63, 3.8) is 0 Å². The third-order valence-electron chi connectivity index (χ3n) is 7.15. The van der Waals surface area contributed by atoms with Gasteiger partial charge in [0.05, 0.1) is 25.0 Å². The van der Waals surface area contributed by atoms with E-state index in [1.165, 1.54) is 75.5 Å². The smallest absolute Gasteiger partial charge is 0.228 e. The van der Waals surface area contributed by atoms with Crippen molar-refractivity contribution >= 4 is 22.9 Å². The molecule has 0 radical (unpaired) electrons. The molecular formula is C34H49BrN2O3S. The average Bonchev–Trinajstić information content (AvgIpc) is 3.35. The predicted molar refractivity (Wildman–Crippen MR) is 167 cm³/mol. The molecule has 1 amide bonds. The number of unbranched alkanes of at least 4 members (excludes halogenated alkanes) is 11. The molecule has 0 saturated heterocycles. The van der Waals surface area contributed by atoms with Gasteiger partial charge in [-0.05, 0) is 43.2 Å². The molecule has 0 atom stereocenters. The van der Waals surface area contributed by atoms with E-state index in [1.54, 1.807) is 18.4 Å². The number of aromatic nitrogens is 1. The summed E-state index contributed by atoms with van der Waals surface area (Å²) in [5, 5.41) is 3.05. The van der Waals surface area contributed by atoms with Crippen LogP contribution < -0.4 is 36.3 Å². The lowest BCUT2D eigenvalue weighted by Crippen LogP contribution is -3.00. The number of amides is 1. The fourth-order valence-electron chi connectivity index (χ4n) is 4.95. The van der Waals surface area contributed by atoms with Crippen molar-refractivity contribution in [1.82, 2.24) is 0 Å². The third-order valence-corrected chi connectivity index (χ3v) is 8.00. The summed E-state index contributed by atoms with van der Waals surface area (Å²) in [5.74, 6) is 1.37. The van der Waals surface area contributed by atoms with Crippen LogP contribution in [0.1, 0.15) is 100.0 Å². The monoisotopic (exact) mass is 644 g/mol. The first-order valence-corrected chi connectivity index (χ1v) is 16.1. The Balaban J connectivity index is 0.00000588. The van der Waals surface area contributed by atoms with Crippen molar-refractivity contribution < 1.29 is 35.8 Å². The van der Waals surface area contributed by atoms with Crippen LogP contribution >= 0.6 is 11.3 Å². The van der Waals surface area contributed by atoms with Gasteiger partial charge in [-0.25, -0.2) is 0 Å². The highest BCUT2D eigenvalue weighted by Gasteiger charge is 2.11. The van der Waals surface area contributed by atoms with Crippen molar-refractivity contribution in [2.75, 3.05) is 19.0 Å². The largest absolute Gasteiger partial charge is 1.00 e. The third kappa shape index (κ3) is 13.9. The van der Waals surface area contributed by atoms with Crippen LogP contribution in [0.25, 0.3) is 0 Å². The molecule has 5 nitrogen and oxygen atoms in total. The minimum atomic E-state index is -0.0479. The zero-order chi connectivity index (χ0) is 28.4. The van der Waals surface area contributed by atoms with E-state index in [2.05, 4.69) is 41.5 Å². The Morgan fingerprint density at radius 1 is 0.854 bits per heavy atom. The van der Waals surface area contributed by atoms with Gasteiger partial charge in [0.2, 0.25) is 11.4 Å². The van der Waals surface area contributed by atoms with Crippen LogP contribution in [0.4, 0.5) is 5.69 Å². The van der Waals surface area contributed by atoms with Gasteiger partial charge in [-0.15, -0.1) is 0 Å². The van der Waals surface area contributed by atoms with E-state index in [-0.39, 0.29) is 29.3 Å². The number of carbonyl (C=O) groups excluding carboxylic acids is 1. The van der Waals surface area contributed by atoms with E-state index >= 15 is 0 Å². The summed E-state index contributed by atoms with van der Waals surface area (Å²) in [6.07, 6.45) is 18.3. The molecule has 3 aromatic rings. The van der Waals surface area contributed by atoms with Crippen LogP contribution in [-0.2, 0) is 17.8 Å². The lowest BCUT2D eigenvalue weighted by Gasteiger charge is -2.13. The van der Waals surface area contributed by atoms with Gasteiger partial charge >= 0.3 is 0 Å². The summed E-state index contributed by atoms with van der Waals surface area (Å²) < 4.78 is 13.7. The first-order valence-electron chi connectivity index (χ1n) is 15.2. The number of methoxy groups -OCH3 is 1. The first-order chi connectivity index (χ1) is 19.6. The molecule has 0 unspecified atom stereocenters. The number of thiazole rings is 1. The van der Waals surface area contributed by atoms with Gasteiger partial charge in [-0.2, -0.15) is 4.57 Å². The van der Waals surface area contributed by atoms with E-state index in [9.17, 15) is 4.79 Å². The molecule has 3 rings (SSSR count). The van der Waals surface area contributed by atoms with Crippen molar-refractivity contribution in [1.29, 1.82) is 0 Å². The van der Waals surface area contributed by atoms with Crippen LogP contribution in [-0.4, -0.2) is 19.6 Å². The van der Waals surface area contributed by atoms with Crippen molar-refractivity contribution in [3.05, 3.63) is 70.2 Å². The van der Waals surface area contributed by atoms with Crippen molar-refractivity contribution in [2.24, 2.45) is 0 Å². The maximum Gasteiger partial charge on any atom is 0.228 e. The number of anilines is 1. The zero-order valence-corrected chi connectivity index (χ0v) is 27.7. The highest BCUT2D eigenvalue weighted by molar-refractivity contribution is 7.09. The molecule has 1 aromatic heterocycles. The van der Waals surface area contributed by atoms with Gasteiger partial charge in [0.15, 0.2) is 24.2 Å². The number of aryl methyl sites for hydroxylation is 1. The molecular weight excluding hydrogens is 596 g/mol. The number of ether oxygens (including phenoxy) is 2. The van der Waals surface area contributed by atoms with Crippen molar-refractivity contribution in [3.8, 4) is 11.5 Å². The van der Waals surface area contributed by atoms with Crippen LogP contribution in [0.3, 0.4) is 0 Å². The number of rotatable bonds is 20. The highest BCUT2D eigenvalue weighted by Crippen LogP contribution is 2.29. The molecule has 1 heterocycles. The predicted octanol–water partition coefficient (Wildman–Crippen LogP) is 5.67. The van der Waals surface area contributed by atoms with E-state index in [1.807, 2.05) is 36.4 Å². The maximum absolute atomic E-state index is 12.8. The SMILES string of the molecule is CCCCCCCCCCCCCCOc1cc(CC(=O)Nc2cccc(C[n+]3csc(C)c3)c2)ccc1OC.[Br-]. The van der Waals surface area contributed by atoms with Crippen LogP contribution in [0.2, 0.25) is 0 Å². The Hall–Kier alpha value is -2.38. The maximum atomic E-state index is 12.8. The van der Waals surface area contributed by atoms with E-state index in [4.69, 9.17) is 9.47 Å². The highest BCUT2D eigenvalue weighted by atomic mass is 79.9. The second-order valence-corrected chi connectivity index (χ2v) is 11.9. The summed E-state index contributed by atoms with van der Waals surface area (Å²) in [5.41, 5.74) is 4.98. The van der Waals surface area contributed by atoms with Crippen LogP contribution in [0.15, 0.2) is 54.2 Å². The number of hydrogen-bond acceptors (Lipinski definition) is 4. The Bertz CT molecular complexity index is 1150. The molecule has 226 valence electrons. The van der Waals surface area contributed by atoms with E-state index in [0.29, 0.717) is 18.1 Å². The number of halogens is 1. The normalized spacial score (nSPS) is 10.7. The summed E-state index contributed by atoms with van der Waals surface area (Å²) in [6, 6.07) is 13.8. The molecule has 7 heteroatoms. The fraction of sp³-hybridized carbons (Fsp3) is 0.529. The second kappa shape index (κ2) is 20.5. The minimum absolute atomic E-state index is 0. The topological polar surface area (TPSA) is 51.4 Å². The number of carbonyl (C=O) groups is 1. The summed E-state index contributed by atoms with van der Waals surface area (Å²) in [4.78, 5) is 14.1. The van der Waals surface area contributed by atoms with Crippen molar-refractivity contribution in [2.45, 2.75) is 104 Å². The lowest BCUT2D eigenvalue weighted by atomic mass is 10.1. The van der Waals surface area contributed by atoms with Crippen LogP contribution in [0.5, 0.6) is 11.5 Å². The quantitative estimate of drug-likeness (QED) is 0.127.